The van der Waals surface area contributed by atoms with E-state index >= 15 is 4.39 Å². The van der Waals surface area contributed by atoms with E-state index in [1.807, 2.05) is 0 Å². The van der Waals surface area contributed by atoms with Crippen LogP contribution in [0.15, 0.2) is 18.3 Å². The highest BCUT2D eigenvalue weighted by Crippen LogP contribution is 2.28. The van der Waals surface area contributed by atoms with E-state index in [-0.39, 0.29) is 43.1 Å². The van der Waals surface area contributed by atoms with E-state index in [0.29, 0.717) is 5.69 Å². The molecule has 0 aliphatic carbocycles. The molecule has 0 radical (unpaired) electrons. The SMILES string of the molecule is C[C@H](Nc1nc(Cl)nc(N2CCN(S(C)(=O)=O)CC2)c1F)c1ccc(F)cn1. The Kier molecular flexibility index (Phi) is 5.96. The fourth-order valence-corrected chi connectivity index (χ4v) is 3.86. The van der Waals surface area contributed by atoms with Crippen LogP contribution in [0.2, 0.25) is 5.28 Å². The minimum Gasteiger partial charge on any atom is -0.359 e. The largest absolute Gasteiger partial charge is 0.359 e. The van der Waals surface area contributed by atoms with Crippen LogP contribution < -0.4 is 10.2 Å². The summed E-state index contributed by atoms with van der Waals surface area (Å²) in [5, 5.41) is 2.72. The predicted molar refractivity (Wildman–Crippen MR) is 102 cm³/mol. The molecule has 12 heteroatoms. The molecule has 2 aromatic rings. The number of nitrogens with zero attached hydrogens (tertiary/aromatic N) is 5. The molecule has 0 unspecified atom stereocenters. The van der Waals surface area contributed by atoms with Crippen molar-refractivity contribution in [1.82, 2.24) is 19.3 Å². The molecule has 0 spiro atoms. The van der Waals surface area contributed by atoms with Crippen LogP contribution in [0, 0.1) is 11.6 Å². The van der Waals surface area contributed by atoms with Gasteiger partial charge in [-0.25, -0.2) is 12.8 Å². The number of anilines is 2. The van der Waals surface area contributed by atoms with Crippen molar-refractivity contribution < 1.29 is 17.2 Å². The Bertz CT molecular complexity index is 952. The Hall–Kier alpha value is -2.11. The zero-order valence-electron chi connectivity index (χ0n) is 15.2. The van der Waals surface area contributed by atoms with Crippen molar-refractivity contribution >= 4 is 33.3 Å². The van der Waals surface area contributed by atoms with Crippen LogP contribution in [0.1, 0.15) is 18.7 Å². The van der Waals surface area contributed by atoms with Crippen molar-refractivity contribution in [2.45, 2.75) is 13.0 Å². The second-order valence-corrected chi connectivity index (χ2v) is 8.72. The third-order valence-corrected chi connectivity index (χ3v) is 5.83. The highest BCUT2D eigenvalue weighted by atomic mass is 35.5. The van der Waals surface area contributed by atoms with Crippen LogP contribution in [0.4, 0.5) is 20.4 Å². The average molecular weight is 433 g/mol. The molecule has 1 aliphatic heterocycles. The maximum atomic E-state index is 15.0. The molecular formula is C16H19ClF2N6O2S. The number of sulfonamides is 1. The Balaban J connectivity index is 1.79. The van der Waals surface area contributed by atoms with Gasteiger partial charge in [0.25, 0.3) is 0 Å². The minimum absolute atomic E-state index is 0.00471. The summed E-state index contributed by atoms with van der Waals surface area (Å²) in [5.41, 5.74) is 0.499. The molecule has 1 fully saturated rings. The van der Waals surface area contributed by atoms with Crippen LogP contribution in [-0.4, -0.2) is 60.1 Å². The van der Waals surface area contributed by atoms with E-state index in [0.717, 1.165) is 12.5 Å². The van der Waals surface area contributed by atoms with Crippen molar-refractivity contribution in [3.63, 3.8) is 0 Å². The molecule has 1 N–H and O–H groups in total. The molecule has 0 bridgehead atoms. The number of nitrogens with one attached hydrogen (secondary N) is 1. The Labute approximate surface area is 166 Å². The van der Waals surface area contributed by atoms with Gasteiger partial charge >= 0.3 is 0 Å². The van der Waals surface area contributed by atoms with Gasteiger partial charge in [-0.1, -0.05) is 0 Å². The monoisotopic (exact) mass is 432 g/mol. The molecule has 1 atom stereocenters. The third kappa shape index (κ3) is 4.65. The van der Waals surface area contributed by atoms with Crippen LogP contribution in [0.25, 0.3) is 0 Å². The standard InChI is InChI=1S/C16H19ClF2N6O2S/c1-10(12-4-3-11(18)9-20-12)21-14-13(19)15(23-16(17)22-14)24-5-7-25(8-6-24)28(2,26)27/h3-4,9-10H,5-8H2,1-2H3,(H,21,22,23)/t10-/m0/s1. The molecule has 8 nitrogen and oxygen atoms in total. The van der Waals surface area contributed by atoms with Gasteiger partial charge in [0.2, 0.25) is 21.1 Å². The molecule has 28 heavy (non-hydrogen) atoms. The lowest BCUT2D eigenvalue weighted by Crippen LogP contribution is -2.49. The first-order chi connectivity index (χ1) is 13.1. The van der Waals surface area contributed by atoms with E-state index in [9.17, 15) is 12.8 Å². The fourth-order valence-electron chi connectivity index (χ4n) is 2.87. The molecule has 1 aliphatic rings. The van der Waals surface area contributed by atoms with Crippen LogP contribution in [0.3, 0.4) is 0 Å². The van der Waals surface area contributed by atoms with E-state index in [1.165, 1.54) is 16.4 Å². The van der Waals surface area contributed by atoms with E-state index < -0.39 is 27.7 Å². The zero-order chi connectivity index (χ0) is 20.5. The van der Waals surface area contributed by atoms with Crippen molar-refractivity contribution in [2.75, 3.05) is 42.7 Å². The second kappa shape index (κ2) is 8.10. The molecule has 1 saturated heterocycles. The summed E-state index contributed by atoms with van der Waals surface area (Å²) in [5.74, 6) is -1.29. The van der Waals surface area contributed by atoms with Crippen LogP contribution in [-0.2, 0) is 10.0 Å². The maximum absolute atomic E-state index is 15.0. The van der Waals surface area contributed by atoms with Crippen LogP contribution >= 0.6 is 11.6 Å². The van der Waals surface area contributed by atoms with Gasteiger partial charge in [0.1, 0.15) is 5.82 Å². The molecular weight excluding hydrogens is 414 g/mol. The first-order valence-corrected chi connectivity index (χ1v) is 10.7. The van der Waals surface area contributed by atoms with E-state index in [2.05, 4.69) is 20.3 Å². The first-order valence-electron chi connectivity index (χ1n) is 8.46. The number of halogens is 3. The molecule has 152 valence electrons. The smallest absolute Gasteiger partial charge is 0.226 e. The quantitative estimate of drug-likeness (QED) is 0.723. The minimum atomic E-state index is -3.30. The average Bonchev–Trinajstić information content (AvgIpc) is 2.64. The Morgan fingerprint density at radius 1 is 1.18 bits per heavy atom. The van der Waals surface area contributed by atoms with Crippen molar-refractivity contribution in [1.29, 1.82) is 0 Å². The van der Waals surface area contributed by atoms with Gasteiger partial charge in [-0.2, -0.15) is 18.7 Å². The summed E-state index contributed by atoms with van der Waals surface area (Å²) in [6.45, 7) is 2.70. The summed E-state index contributed by atoms with van der Waals surface area (Å²) in [6, 6.07) is 2.28. The Morgan fingerprint density at radius 3 is 2.43 bits per heavy atom. The molecule has 0 aromatic carbocycles. The number of rotatable bonds is 5. The second-order valence-electron chi connectivity index (χ2n) is 6.40. The summed E-state index contributed by atoms with van der Waals surface area (Å²) in [6.07, 6.45) is 2.21. The number of pyridine rings is 1. The third-order valence-electron chi connectivity index (χ3n) is 4.36. The number of hydrogen-bond acceptors (Lipinski definition) is 7. The molecule has 3 rings (SSSR count). The topological polar surface area (TPSA) is 91.3 Å². The lowest BCUT2D eigenvalue weighted by atomic mass is 10.2. The normalized spacial score (nSPS) is 16.8. The van der Waals surface area contributed by atoms with Crippen molar-refractivity contribution in [3.8, 4) is 0 Å². The van der Waals surface area contributed by atoms with E-state index in [4.69, 9.17) is 11.6 Å². The van der Waals surface area contributed by atoms with Gasteiger partial charge in [-0.15, -0.1) is 0 Å². The van der Waals surface area contributed by atoms with Gasteiger partial charge in [0, 0.05) is 26.2 Å². The lowest BCUT2D eigenvalue weighted by Gasteiger charge is -2.34. The number of piperazine rings is 1. The van der Waals surface area contributed by atoms with Gasteiger partial charge < -0.3 is 10.2 Å². The molecule has 2 aromatic heterocycles. The van der Waals surface area contributed by atoms with Gasteiger partial charge in [0.05, 0.1) is 24.2 Å². The van der Waals surface area contributed by atoms with Crippen molar-refractivity contribution in [3.05, 3.63) is 40.9 Å². The lowest BCUT2D eigenvalue weighted by molar-refractivity contribution is 0.384. The van der Waals surface area contributed by atoms with Gasteiger partial charge in [-0.05, 0) is 30.7 Å². The number of hydrogen-bond donors (Lipinski definition) is 1. The van der Waals surface area contributed by atoms with Crippen molar-refractivity contribution in [2.24, 2.45) is 0 Å². The molecule has 0 saturated carbocycles. The maximum Gasteiger partial charge on any atom is 0.226 e. The van der Waals surface area contributed by atoms with Gasteiger partial charge in [0.15, 0.2) is 11.6 Å². The van der Waals surface area contributed by atoms with Gasteiger partial charge in [-0.3, -0.25) is 4.98 Å². The zero-order valence-corrected chi connectivity index (χ0v) is 16.8. The highest BCUT2D eigenvalue weighted by molar-refractivity contribution is 7.88. The number of aromatic nitrogens is 3. The highest BCUT2D eigenvalue weighted by Gasteiger charge is 2.27. The first kappa shape index (κ1) is 20.6. The summed E-state index contributed by atoms with van der Waals surface area (Å²) >= 11 is 5.97. The predicted octanol–water partition coefficient (Wildman–Crippen LogP) is 2.06. The fraction of sp³-hybridized carbons (Fsp3) is 0.438. The summed E-state index contributed by atoms with van der Waals surface area (Å²) in [7, 11) is -3.30. The van der Waals surface area contributed by atoms with Crippen LogP contribution in [0.5, 0.6) is 0 Å². The summed E-state index contributed by atoms with van der Waals surface area (Å²) in [4.78, 5) is 13.4. The molecule has 0 amide bonds. The summed E-state index contributed by atoms with van der Waals surface area (Å²) < 4.78 is 52.6. The molecule has 3 heterocycles. The Morgan fingerprint density at radius 2 is 1.86 bits per heavy atom. The van der Waals surface area contributed by atoms with E-state index in [1.54, 1.807) is 11.8 Å².